The number of rotatable bonds is 2. The Hall–Kier alpha value is -1.46. The Kier molecular flexibility index (Phi) is 2.89. The first-order valence-electron chi connectivity index (χ1n) is 4.55. The molecule has 0 bridgehead atoms. The van der Waals surface area contributed by atoms with Gasteiger partial charge in [0.2, 0.25) is 5.82 Å². The summed E-state index contributed by atoms with van der Waals surface area (Å²) in [7, 11) is 0. The Labute approximate surface area is 95.7 Å². The number of aliphatic hydroxyl groups is 1. The lowest BCUT2D eigenvalue weighted by atomic mass is 10.2. The normalized spacial score (nSPS) is 12.8. The summed E-state index contributed by atoms with van der Waals surface area (Å²) in [6.07, 6.45) is -0.847. The summed E-state index contributed by atoms with van der Waals surface area (Å²) < 4.78 is 17.6. The Balaban J connectivity index is 2.42. The van der Waals surface area contributed by atoms with Crippen LogP contribution in [0.25, 0.3) is 11.4 Å². The number of hydrogen-bond acceptors (Lipinski definition) is 4. The van der Waals surface area contributed by atoms with E-state index in [2.05, 4.69) is 10.1 Å². The molecule has 0 spiro atoms. The molecule has 1 unspecified atom stereocenters. The zero-order valence-electron chi connectivity index (χ0n) is 8.32. The topological polar surface area (TPSA) is 59.2 Å². The average Bonchev–Trinajstić information content (AvgIpc) is 2.66. The second-order valence-electron chi connectivity index (χ2n) is 3.26. The summed E-state index contributed by atoms with van der Waals surface area (Å²) in [5.41, 5.74) is 0.457. The number of nitrogens with zero attached hydrogens (tertiary/aromatic N) is 2. The molecule has 2 rings (SSSR count). The van der Waals surface area contributed by atoms with E-state index in [9.17, 15) is 9.50 Å². The molecule has 1 heterocycles. The van der Waals surface area contributed by atoms with Gasteiger partial charge in [-0.15, -0.1) is 0 Å². The van der Waals surface area contributed by atoms with Gasteiger partial charge in [-0.05, 0) is 25.1 Å². The molecule has 0 aliphatic rings. The molecule has 6 heteroatoms. The first-order valence-corrected chi connectivity index (χ1v) is 4.93. The highest BCUT2D eigenvalue weighted by Gasteiger charge is 2.14. The first kappa shape index (κ1) is 11.0. The Bertz CT molecular complexity index is 513. The number of aliphatic hydroxyl groups excluding tert-OH is 1. The van der Waals surface area contributed by atoms with Crippen molar-refractivity contribution in [2.24, 2.45) is 0 Å². The lowest BCUT2D eigenvalue weighted by molar-refractivity contribution is 0.152. The van der Waals surface area contributed by atoms with Gasteiger partial charge in [0.05, 0.1) is 5.02 Å². The molecular weight excluding hydrogens is 235 g/mol. The molecule has 0 aliphatic carbocycles. The van der Waals surface area contributed by atoms with Crippen molar-refractivity contribution in [1.29, 1.82) is 0 Å². The largest absolute Gasteiger partial charge is 0.384 e. The quantitative estimate of drug-likeness (QED) is 0.879. The minimum Gasteiger partial charge on any atom is -0.384 e. The van der Waals surface area contributed by atoms with E-state index in [0.29, 0.717) is 5.56 Å². The van der Waals surface area contributed by atoms with E-state index in [4.69, 9.17) is 16.1 Å². The predicted octanol–water partition coefficient (Wildman–Crippen LogP) is 2.58. The van der Waals surface area contributed by atoms with Gasteiger partial charge in [0.15, 0.2) is 0 Å². The van der Waals surface area contributed by atoms with Crippen LogP contribution in [-0.2, 0) is 0 Å². The zero-order valence-corrected chi connectivity index (χ0v) is 9.07. The maximum Gasteiger partial charge on any atom is 0.255 e. The smallest absolute Gasteiger partial charge is 0.255 e. The summed E-state index contributed by atoms with van der Waals surface area (Å²) in [5.74, 6) is -0.121. The van der Waals surface area contributed by atoms with Crippen LogP contribution < -0.4 is 0 Å². The van der Waals surface area contributed by atoms with E-state index in [0.717, 1.165) is 6.07 Å². The minimum atomic E-state index is -0.847. The molecule has 0 aliphatic heterocycles. The van der Waals surface area contributed by atoms with Gasteiger partial charge in [-0.2, -0.15) is 4.98 Å². The van der Waals surface area contributed by atoms with E-state index in [1.807, 2.05) is 0 Å². The van der Waals surface area contributed by atoms with Crippen LogP contribution in [0, 0.1) is 5.82 Å². The van der Waals surface area contributed by atoms with Crippen LogP contribution in [-0.4, -0.2) is 15.2 Å². The molecule has 4 nitrogen and oxygen atoms in total. The van der Waals surface area contributed by atoms with Crippen molar-refractivity contribution in [1.82, 2.24) is 10.1 Å². The average molecular weight is 243 g/mol. The van der Waals surface area contributed by atoms with Crippen molar-refractivity contribution in [3.63, 3.8) is 0 Å². The summed E-state index contributed by atoms with van der Waals surface area (Å²) in [5, 5.41) is 13.0. The standard InChI is InChI=1S/C10H8ClFN2O2/c1-5(15)10-13-9(14-16-10)7-3-2-6(12)4-8(7)11/h2-5,15H,1H3. The molecule has 0 saturated heterocycles. The molecule has 1 aromatic carbocycles. The zero-order chi connectivity index (χ0) is 11.7. The number of benzene rings is 1. The first-order chi connectivity index (χ1) is 7.58. The van der Waals surface area contributed by atoms with Crippen LogP contribution in [0.5, 0.6) is 0 Å². The summed E-state index contributed by atoms with van der Waals surface area (Å²) >= 11 is 5.83. The molecular formula is C10H8ClFN2O2. The number of aromatic nitrogens is 2. The lowest BCUT2D eigenvalue weighted by Gasteiger charge is -1.97. The molecule has 16 heavy (non-hydrogen) atoms. The fourth-order valence-corrected chi connectivity index (χ4v) is 1.44. The summed E-state index contributed by atoms with van der Waals surface area (Å²) in [6.45, 7) is 1.50. The van der Waals surface area contributed by atoms with Crippen LogP contribution in [0.15, 0.2) is 22.7 Å². The van der Waals surface area contributed by atoms with Crippen LogP contribution >= 0.6 is 11.6 Å². The second-order valence-corrected chi connectivity index (χ2v) is 3.66. The van der Waals surface area contributed by atoms with Gasteiger partial charge in [0.25, 0.3) is 5.89 Å². The Morgan fingerprint density at radius 1 is 1.50 bits per heavy atom. The Morgan fingerprint density at radius 3 is 2.81 bits per heavy atom. The van der Waals surface area contributed by atoms with Crippen molar-refractivity contribution in [2.75, 3.05) is 0 Å². The van der Waals surface area contributed by atoms with Crippen molar-refractivity contribution in [3.05, 3.63) is 34.9 Å². The van der Waals surface area contributed by atoms with Crippen molar-refractivity contribution in [2.45, 2.75) is 13.0 Å². The fourth-order valence-electron chi connectivity index (χ4n) is 1.19. The third-order valence-electron chi connectivity index (χ3n) is 1.97. The van der Waals surface area contributed by atoms with Crippen LogP contribution in [0.3, 0.4) is 0 Å². The van der Waals surface area contributed by atoms with Gasteiger partial charge >= 0.3 is 0 Å². The highest BCUT2D eigenvalue weighted by Crippen LogP contribution is 2.26. The number of halogens is 2. The maximum absolute atomic E-state index is 12.8. The molecule has 1 N–H and O–H groups in total. The summed E-state index contributed by atoms with van der Waals surface area (Å²) in [6, 6.07) is 3.86. The highest BCUT2D eigenvalue weighted by atomic mass is 35.5. The van der Waals surface area contributed by atoms with E-state index in [-0.39, 0.29) is 16.7 Å². The summed E-state index contributed by atoms with van der Waals surface area (Å²) in [4.78, 5) is 3.94. The van der Waals surface area contributed by atoms with Crippen molar-refractivity contribution in [3.8, 4) is 11.4 Å². The van der Waals surface area contributed by atoms with E-state index in [1.165, 1.54) is 19.1 Å². The van der Waals surface area contributed by atoms with E-state index < -0.39 is 11.9 Å². The van der Waals surface area contributed by atoms with E-state index in [1.54, 1.807) is 0 Å². The van der Waals surface area contributed by atoms with Crippen LogP contribution in [0.4, 0.5) is 4.39 Å². The SMILES string of the molecule is CC(O)c1nc(-c2ccc(F)cc2Cl)no1. The molecule has 0 radical (unpaired) electrons. The fraction of sp³-hybridized carbons (Fsp3) is 0.200. The van der Waals surface area contributed by atoms with Gasteiger partial charge in [-0.1, -0.05) is 16.8 Å². The molecule has 1 aromatic heterocycles. The van der Waals surface area contributed by atoms with Crippen molar-refractivity contribution < 1.29 is 14.0 Å². The van der Waals surface area contributed by atoms with Crippen LogP contribution in [0.2, 0.25) is 5.02 Å². The molecule has 0 amide bonds. The van der Waals surface area contributed by atoms with Gasteiger partial charge in [0, 0.05) is 5.56 Å². The minimum absolute atomic E-state index is 0.0930. The molecule has 0 saturated carbocycles. The second kappa shape index (κ2) is 4.19. The van der Waals surface area contributed by atoms with Gasteiger partial charge in [-0.3, -0.25) is 0 Å². The molecule has 84 valence electrons. The monoisotopic (exact) mass is 242 g/mol. The van der Waals surface area contributed by atoms with Gasteiger partial charge in [0.1, 0.15) is 11.9 Å². The highest BCUT2D eigenvalue weighted by molar-refractivity contribution is 6.33. The Morgan fingerprint density at radius 2 is 2.25 bits per heavy atom. The molecule has 2 aromatic rings. The predicted molar refractivity (Wildman–Crippen MR) is 55.3 cm³/mol. The third kappa shape index (κ3) is 2.05. The third-order valence-corrected chi connectivity index (χ3v) is 2.28. The van der Waals surface area contributed by atoms with E-state index >= 15 is 0 Å². The van der Waals surface area contributed by atoms with Gasteiger partial charge < -0.3 is 9.63 Å². The van der Waals surface area contributed by atoms with Gasteiger partial charge in [-0.25, -0.2) is 4.39 Å². The lowest BCUT2D eigenvalue weighted by Crippen LogP contribution is -1.90. The molecule has 0 fully saturated rings. The molecule has 1 atom stereocenters. The maximum atomic E-state index is 12.8. The number of hydrogen-bond donors (Lipinski definition) is 1. The van der Waals surface area contributed by atoms with Crippen LogP contribution in [0.1, 0.15) is 18.9 Å². The van der Waals surface area contributed by atoms with Crippen molar-refractivity contribution >= 4 is 11.6 Å².